The molecule has 0 aromatic heterocycles. The summed E-state index contributed by atoms with van der Waals surface area (Å²) in [5.41, 5.74) is 0. The Bertz CT molecular complexity index is 939. The summed E-state index contributed by atoms with van der Waals surface area (Å²) in [6.45, 7) is 4.92. The van der Waals surface area contributed by atoms with E-state index in [9.17, 15) is 19.8 Å². The largest absolute Gasteiger partial charge is 0.466 e. The molecule has 0 rings (SSSR count). The maximum absolute atomic E-state index is 12.5. The van der Waals surface area contributed by atoms with E-state index in [1.165, 1.54) is 238 Å². The lowest BCUT2D eigenvalue weighted by atomic mass is 10.0. The molecule has 0 aromatic carbocycles. The van der Waals surface area contributed by atoms with Crippen molar-refractivity contribution in [2.24, 2.45) is 0 Å². The number of unbranched alkanes of at least 4 members (excludes halogenated alkanes) is 40. The number of amides is 1. The van der Waals surface area contributed by atoms with Gasteiger partial charge in [-0.3, -0.25) is 9.59 Å². The highest BCUT2D eigenvalue weighted by molar-refractivity contribution is 5.76. The molecule has 374 valence electrons. The number of aliphatic hydroxyl groups is 2. The second-order valence-electron chi connectivity index (χ2n) is 19.6. The van der Waals surface area contributed by atoms with Crippen molar-refractivity contribution in [3.05, 3.63) is 12.2 Å². The van der Waals surface area contributed by atoms with Crippen LogP contribution in [0.4, 0.5) is 0 Å². The molecule has 0 aliphatic rings. The second kappa shape index (κ2) is 53.2. The monoisotopic (exact) mass is 890 g/mol. The highest BCUT2D eigenvalue weighted by Gasteiger charge is 2.20. The maximum atomic E-state index is 12.5. The van der Waals surface area contributed by atoms with Gasteiger partial charge in [0.15, 0.2) is 0 Å². The zero-order valence-corrected chi connectivity index (χ0v) is 42.6. The average molecular weight is 891 g/mol. The van der Waals surface area contributed by atoms with Gasteiger partial charge in [0.05, 0.1) is 25.4 Å². The summed E-state index contributed by atoms with van der Waals surface area (Å²) in [6, 6.07) is -0.543. The molecule has 2 atom stereocenters. The van der Waals surface area contributed by atoms with E-state index in [0.29, 0.717) is 25.9 Å². The molecular formula is C57H111NO5. The smallest absolute Gasteiger partial charge is 0.305 e. The molecule has 6 nitrogen and oxygen atoms in total. The Morgan fingerprint density at radius 2 is 0.762 bits per heavy atom. The van der Waals surface area contributed by atoms with Gasteiger partial charge in [-0.2, -0.15) is 0 Å². The number of hydrogen-bond donors (Lipinski definition) is 3. The third kappa shape index (κ3) is 49.9. The minimum atomic E-state index is -0.665. The van der Waals surface area contributed by atoms with Gasteiger partial charge in [-0.05, 0) is 44.9 Å². The number of nitrogens with one attached hydrogen (secondary N) is 1. The minimum absolute atomic E-state index is 0.00159. The zero-order valence-electron chi connectivity index (χ0n) is 42.6. The van der Waals surface area contributed by atoms with E-state index < -0.39 is 12.1 Å². The van der Waals surface area contributed by atoms with Crippen LogP contribution in [0.5, 0.6) is 0 Å². The SMILES string of the molecule is CCCC/C=C\CCCCCCCC(=O)OCCCCCCCCCCCCCCCCCCCCCC(=O)NC(CO)C(O)CCCCCCCCCCCCCCCCCC. The van der Waals surface area contributed by atoms with Crippen molar-refractivity contribution in [1.82, 2.24) is 5.32 Å². The van der Waals surface area contributed by atoms with E-state index in [4.69, 9.17) is 4.74 Å². The molecule has 0 aliphatic carbocycles. The van der Waals surface area contributed by atoms with Gasteiger partial charge in [0.2, 0.25) is 5.91 Å². The van der Waals surface area contributed by atoms with Crippen LogP contribution in [0.1, 0.15) is 316 Å². The summed E-state index contributed by atoms with van der Waals surface area (Å²) >= 11 is 0. The predicted octanol–water partition coefficient (Wildman–Crippen LogP) is 17.3. The number of aliphatic hydroxyl groups excluding tert-OH is 2. The van der Waals surface area contributed by atoms with Crippen molar-refractivity contribution >= 4 is 11.9 Å². The topological polar surface area (TPSA) is 95.9 Å². The van der Waals surface area contributed by atoms with Gasteiger partial charge in [-0.1, -0.05) is 270 Å². The zero-order chi connectivity index (χ0) is 45.8. The number of carbonyl (C=O) groups is 2. The first-order valence-corrected chi connectivity index (χ1v) is 28.4. The summed E-state index contributed by atoms with van der Waals surface area (Å²) in [6.07, 6.45) is 62.0. The number of rotatable bonds is 53. The minimum Gasteiger partial charge on any atom is -0.466 e. The van der Waals surface area contributed by atoms with Gasteiger partial charge in [0, 0.05) is 12.8 Å². The average Bonchev–Trinajstić information content (AvgIpc) is 3.28. The third-order valence-corrected chi connectivity index (χ3v) is 13.3. The van der Waals surface area contributed by atoms with E-state index in [1.807, 2.05) is 0 Å². The first kappa shape index (κ1) is 61.6. The molecule has 63 heavy (non-hydrogen) atoms. The fourth-order valence-corrected chi connectivity index (χ4v) is 8.92. The summed E-state index contributed by atoms with van der Waals surface area (Å²) in [5.74, 6) is -0.0374. The molecule has 2 unspecified atom stereocenters. The number of esters is 1. The first-order valence-electron chi connectivity index (χ1n) is 28.4. The van der Waals surface area contributed by atoms with Crippen LogP contribution >= 0.6 is 0 Å². The Morgan fingerprint density at radius 3 is 1.17 bits per heavy atom. The van der Waals surface area contributed by atoms with Crippen LogP contribution in [0.15, 0.2) is 12.2 Å². The van der Waals surface area contributed by atoms with E-state index in [1.54, 1.807) is 0 Å². The molecule has 3 N–H and O–H groups in total. The molecule has 0 aliphatic heterocycles. The summed E-state index contributed by atoms with van der Waals surface area (Å²) in [4.78, 5) is 24.5. The van der Waals surface area contributed by atoms with Gasteiger partial charge in [-0.15, -0.1) is 0 Å². The molecule has 0 saturated heterocycles. The lowest BCUT2D eigenvalue weighted by Crippen LogP contribution is -2.45. The molecular weight excluding hydrogens is 779 g/mol. The number of allylic oxidation sites excluding steroid dienone is 2. The van der Waals surface area contributed by atoms with Crippen molar-refractivity contribution in [1.29, 1.82) is 0 Å². The molecule has 6 heteroatoms. The number of ether oxygens (including phenoxy) is 1. The lowest BCUT2D eigenvalue weighted by molar-refractivity contribution is -0.143. The van der Waals surface area contributed by atoms with Crippen LogP contribution < -0.4 is 5.32 Å². The molecule has 0 aromatic rings. The van der Waals surface area contributed by atoms with Gasteiger partial charge in [-0.25, -0.2) is 0 Å². The number of hydrogen-bond acceptors (Lipinski definition) is 5. The highest BCUT2D eigenvalue weighted by atomic mass is 16.5. The Labute approximate surface area is 393 Å². The van der Waals surface area contributed by atoms with Gasteiger partial charge >= 0.3 is 5.97 Å². The fraction of sp³-hybridized carbons (Fsp3) is 0.930. The van der Waals surface area contributed by atoms with Gasteiger partial charge in [0.25, 0.3) is 0 Å². The summed E-state index contributed by atoms with van der Waals surface area (Å²) in [5, 5.41) is 23.3. The van der Waals surface area contributed by atoms with Crippen LogP contribution in [-0.2, 0) is 14.3 Å². The molecule has 1 amide bonds. The number of carbonyl (C=O) groups excluding carboxylic acids is 2. The van der Waals surface area contributed by atoms with Crippen LogP contribution in [-0.4, -0.2) is 47.4 Å². The van der Waals surface area contributed by atoms with Crippen molar-refractivity contribution in [2.45, 2.75) is 328 Å². The first-order chi connectivity index (χ1) is 31.0. The molecule has 0 radical (unpaired) electrons. The van der Waals surface area contributed by atoms with Crippen LogP contribution in [0, 0.1) is 0 Å². The van der Waals surface area contributed by atoms with Crippen LogP contribution in [0.3, 0.4) is 0 Å². The third-order valence-electron chi connectivity index (χ3n) is 13.3. The van der Waals surface area contributed by atoms with Crippen molar-refractivity contribution in [3.63, 3.8) is 0 Å². The van der Waals surface area contributed by atoms with Crippen LogP contribution in [0.2, 0.25) is 0 Å². The molecule has 0 saturated carbocycles. The van der Waals surface area contributed by atoms with Gasteiger partial charge < -0.3 is 20.3 Å². The molecule has 0 spiro atoms. The Kier molecular flexibility index (Phi) is 52.0. The van der Waals surface area contributed by atoms with E-state index >= 15 is 0 Å². The summed E-state index contributed by atoms with van der Waals surface area (Å²) in [7, 11) is 0. The van der Waals surface area contributed by atoms with E-state index in [0.717, 1.165) is 44.9 Å². The van der Waals surface area contributed by atoms with Crippen molar-refractivity contribution < 1.29 is 24.5 Å². The summed E-state index contributed by atoms with van der Waals surface area (Å²) < 4.78 is 5.45. The van der Waals surface area contributed by atoms with E-state index in [-0.39, 0.29) is 18.5 Å². The molecule has 0 bridgehead atoms. The second-order valence-corrected chi connectivity index (χ2v) is 19.6. The van der Waals surface area contributed by atoms with Crippen molar-refractivity contribution in [2.75, 3.05) is 13.2 Å². The Hall–Kier alpha value is -1.40. The predicted molar refractivity (Wildman–Crippen MR) is 273 cm³/mol. The lowest BCUT2D eigenvalue weighted by Gasteiger charge is -2.22. The molecule has 0 heterocycles. The molecule has 0 fully saturated rings. The quantitative estimate of drug-likeness (QED) is 0.0321. The highest BCUT2D eigenvalue weighted by Crippen LogP contribution is 2.18. The Balaban J connectivity index is 3.40. The fourth-order valence-electron chi connectivity index (χ4n) is 8.92. The standard InChI is InChI=1S/C57H111NO5/c1-3-5-7-9-11-13-15-16-17-23-26-30-33-37-41-45-49-55(60)54(53-59)58-56(61)50-46-42-38-34-31-27-24-21-19-18-20-22-25-28-32-36-40-44-48-52-63-57(62)51-47-43-39-35-29-14-12-10-8-6-4-2/h10,12,54-55,59-60H,3-9,11,13-53H2,1-2H3,(H,58,61)/b12-10-. The van der Waals surface area contributed by atoms with Crippen LogP contribution in [0.25, 0.3) is 0 Å². The Morgan fingerprint density at radius 1 is 0.429 bits per heavy atom. The van der Waals surface area contributed by atoms with Gasteiger partial charge in [0.1, 0.15) is 0 Å². The maximum Gasteiger partial charge on any atom is 0.305 e. The van der Waals surface area contributed by atoms with Crippen molar-refractivity contribution in [3.8, 4) is 0 Å². The van der Waals surface area contributed by atoms with E-state index in [2.05, 4.69) is 31.3 Å². The normalized spacial score (nSPS) is 12.6.